The van der Waals surface area contributed by atoms with E-state index in [0.29, 0.717) is 18.3 Å². The average Bonchev–Trinajstić information content (AvgIpc) is 3.33. The molecule has 1 aromatic carbocycles. The van der Waals surface area contributed by atoms with Crippen LogP contribution in [0.4, 0.5) is 0 Å². The highest BCUT2D eigenvalue weighted by Gasteiger charge is 2.18. The lowest BCUT2D eigenvalue weighted by molar-refractivity contribution is 0.0950. The smallest absolute Gasteiger partial charge is 0.261 e. The van der Waals surface area contributed by atoms with E-state index in [1.54, 1.807) is 11.3 Å². The monoisotopic (exact) mass is 368 g/mol. The number of hydrogen-bond donors (Lipinski definition) is 2. The number of carbonyl (C=O) groups excluding carboxylic acids is 1. The summed E-state index contributed by atoms with van der Waals surface area (Å²) in [5, 5.41) is 6.85. The van der Waals surface area contributed by atoms with Crippen molar-refractivity contribution in [2.24, 2.45) is 5.73 Å². The molecule has 6 nitrogen and oxygen atoms in total. The van der Waals surface area contributed by atoms with E-state index >= 15 is 0 Å². The molecule has 134 valence electrons. The summed E-state index contributed by atoms with van der Waals surface area (Å²) in [6, 6.07) is 9.71. The average molecular weight is 368 g/mol. The fourth-order valence-corrected chi connectivity index (χ4v) is 4.25. The Kier molecular flexibility index (Phi) is 4.81. The molecule has 0 unspecified atom stereocenters. The van der Waals surface area contributed by atoms with Gasteiger partial charge in [0.15, 0.2) is 0 Å². The van der Waals surface area contributed by atoms with Crippen molar-refractivity contribution in [3.05, 3.63) is 57.1 Å². The molecule has 0 aliphatic heterocycles. The molecule has 3 N–H and O–H groups in total. The molecule has 26 heavy (non-hydrogen) atoms. The summed E-state index contributed by atoms with van der Waals surface area (Å²) in [5.74, 6) is 0.804. The maximum atomic E-state index is 12.4. The SMILES string of the molecule is NCc1ccc(-c2noc(CNC(=O)c3cc4c(s3)CCCC4)n2)cc1. The van der Waals surface area contributed by atoms with Crippen molar-refractivity contribution in [3.63, 3.8) is 0 Å². The normalized spacial score (nSPS) is 13.4. The number of nitrogens with one attached hydrogen (secondary N) is 1. The highest BCUT2D eigenvalue weighted by Crippen LogP contribution is 2.29. The fraction of sp³-hybridized carbons (Fsp3) is 0.316. The first-order valence-corrected chi connectivity index (χ1v) is 9.56. The first kappa shape index (κ1) is 16.9. The van der Waals surface area contributed by atoms with Crippen molar-refractivity contribution >= 4 is 17.2 Å². The summed E-state index contributed by atoms with van der Waals surface area (Å²) in [4.78, 5) is 18.8. The number of nitrogens with zero attached hydrogens (tertiary/aromatic N) is 2. The van der Waals surface area contributed by atoms with Crippen molar-refractivity contribution in [2.45, 2.75) is 38.8 Å². The van der Waals surface area contributed by atoms with Gasteiger partial charge in [-0.25, -0.2) is 0 Å². The number of aryl methyl sites for hydroxylation is 2. The van der Waals surface area contributed by atoms with Crippen LogP contribution in [0.5, 0.6) is 0 Å². The number of fused-ring (bicyclic) bond motifs is 1. The molecule has 1 amide bonds. The number of benzene rings is 1. The summed E-state index contributed by atoms with van der Waals surface area (Å²) < 4.78 is 5.25. The Morgan fingerprint density at radius 1 is 1.23 bits per heavy atom. The molecule has 0 saturated carbocycles. The van der Waals surface area contributed by atoms with Crippen LogP contribution in [-0.4, -0.2) is 16.0 Å². The molecular weight excluding hydrogens is 348 g/mol. The van der Waals surface area contributed by atoms with Gasteiger partial charge in [-0.1, -0.05) is 29.4 Å². The molecule has 4 rings (SSSR count). The van der Waals surface area contributed by atoms with Gasteiger partial charge in [0.25, 0.3) is 5.91 Å². The van der Waals surface area contributed by atoms with Gasteiger partial charge < -0.3 is 15.6 Å². The van der Waals surface area contributed by atoms with Crippen molar-refractivity contribution in [3.8, 4) is 11.4 Å². The molecule has 2 aromatic heterocycles. The van der Waals surface area contributed by atoms with Crippen molar-refractivity contribution in [2.75, 3.05) is 0 Å². The molecule has 1 aliphatic rings. The molecular formula is C19H20N4O2S. The van der Waals surface area contributed by atoms with Crippen LogP contribution in [0, 0.1) is 0 Å². The van der Waals surface area contributed by atoms with Crippen LogP contribution in [0.1, 0.15) is 44.4 Å². The van der Waals surface area contributed by atoms with Crippen LogP contribution in [0.25, 0.3) is 11.4 Å². The van der Waals surface area contributed by atoms with E-state index in [9.17, 15) is 4.79 Å². The number of amides is 1. The third-order valence-electron chi connectivity index (χ3n) is 4.54. The second-order valence-corrected chi connectivity index (χ2v) is 7.50. The van der Waals surface area contributed by atoms with Crippen LogP contribution in [0.2, 0.25) is 0 Å². The summed E-state index contributed by atoms with van der Waals surface area (Å²) in [6.07, 6.45) is 4.59. The minimum atomic E-state index is -0.0866. The van der Waals surface area contributed by atoms with E-state index in [1.807, 2.05) is 30.3 Å². The minimum Gasteiger partial charge on any atom is -0.342 e. The zero-order valence-electron chi connectivity index (χ0n) is 14.3. The van der Waals surface area contributed by atoms with Gasteiger partial charge in [-0.3, -0.25) is 4.79 Å². The zero-order valence-corrected chi connectivity index (χ0v) is 15.1. The zero-order chi connectivity index (χ0) is 17.9. The van der Waals surface area contributed by atoms with Gasteiger partial charge in [-0.2, -0.15) is 4.98 Å². The van der Waals surface area contributed by atoms with E-state index < -0.39 is 0 Å². The largest absolute Gasteiger partial charge is 0.342 e. The van der Waals surface area contributed by atoms with E-state index in [4.69, 9.17) is 10.3 Å². The predicted octanol–water partition coefficient (Wildman–Crippen LogP) is 3.07. The molecule has 0 atom stereocenters. The summed E-state index contributed by atoms with van der Waals surface area (Å²) in [7, 11) is 0. The highest BCUT2D eigenvalue weighted by atomic mass is 32.1. The maximum absolute atomic E-state index is 12.4. The van der Waals surface area contributed by atoms with E-state index in [1.165, 1.54) is 23.3 Å². The third-order valence-corrected chi connectivity index (χ3v) is 5.77. The second-order valence-electron chi connectivity index (χ2n) is 6.36. The second kappa shape index (κ2) is 7.39. The minimum absolute atomic E-state index is 0.0866. The van der Waals surface area contributed by atoms with Gasteiger partial charge in [-0.05, 0) is 42.9 Å². The standard InChI is InChI=1S/C19H20N4O2S/c20-10-12-5-7-13(8-6-12)18-22-17(25-23-18)11-21-19(24)16-9-14-3-1-2-4-15(14)26-16/h5-9H,1-4,10-11,20H2,(H,21,24). The first-order valence-electron chi connectivity index (χ1n) is 8.74. The highest BCUT2D eigenvalue weighted by molar-refractivity contribution is 7.14. The van der Waals surface area contributed by atoms with Crippen LogP contribution < -0.4 is 11.1 Å². The van der Waals surface area contributed by atoms with Crippen molar-refractivity contribution in [1.29, 1.82) is 0 Å². The summed E-state index contributed by atoms with van der Waals surface area (Å²) >= 11 is 1.60. The maximum Gasteiger partial charge on any atom is 0.261 e. The lowest BCUT2D eigenvalue weighted by Gasteiger charge is -2.08. The number of carbonyl (C=O) groups is 1. The van der Waals surface area contributed by atoms with Crippen LogP contribution in [-0.2, 0) is 25.9 Å². The quantitative estimate of drug-likeness (QED) is 0.722. The van der Waals surface area contributed by atoms with E-state index in [-0.39, 0.29) is 12.5 Å². The van der Waals surface area contributed by atoms with Crippen LogP contribution in [0.3, 0.4) is 0 Å². The third kappa shape index (κ3) is 3.54. The van der Waals surface area contributed by atoms with Crippen molar-refractivity contribution in [1.82, 2.24) is 15.5 Å². The molecule has 0 fully saturated rings. The van der Waals surface area contributed by atoms with Gasteiger partial charge in [0.05, 0.1) is 11.4 Å². The number of nitrogens with two attached hydrogens (primary N) is 1. The van der Waals surface area contributed by atoms with E-state index in [2.05, 4.69) is 15.5 Å². The molecule has 0 spiro atoms. The number of rotatable bonds is 5. The Bertz CT molecular complexity index is 891. The lowest BCUT2D eigenvalue weighted by Crippen LogP contribution is -2.21. The van der Waals surface area contributed by atoms with Gasteiger partial charge in [0.2, 0.25) is 11.7 Å². The Labute approximate surface area is 155 Å². The van der Waals surface area contributed by atoms with Crippen LogP contribution in [0.15, 0.2) is 34.9 Å². The van der Waals surface area contributed by atoms with Crippen LogP contribution >= 0.6 is 11.3 Å². The number of hydrogen-bond acceptors (Lipinski definition) is 6. The first-order chi connectivity index (χ1) is 12.7. The topological polar surface area (TPSA) is 94.0 Å². The summed E-state index contributed by atoms with van der Waals surface area (Å²) in [6.45, 7) is 0.714. The van der Waals surface area contributed by atoms with Gasteiger partial charge in [0.1, 0.15) is 0 Å². The Morgan fingerprint density at radius 3 is 2.81 bits per heavy atom. The molecule has 2 heterocycles. The Morgan fingerprint density at radius 2 is 2.04 bits per heavy atom. The molecule has 0 saturated heterocycles. The Balaban J connectivity index is 1.39. The molecule has 7 heteroatoms. The number of thiophene rings is 1. The molecule has 1 aliphatic carbocycles. The Hall–Kier alpha value is -2.51. The number of aromatic nitrogens is 2. The summed E-state index contributed by atoms with van der Waals surface area (Å²) in [5.41, 5.74) is 8.83. The fourth-order valence-electron chi connectivity index (χ4n) is 3.08. The lowest BCUT2D eigenvalue weighted by atomic mass is 9.99. The van der Waals surface area contributed by atoms with E-state index in [0.717, 1.165) is 28.8 Å². The van der Waals surface area contributed by atoms with Gasteiger partial charge in [-0.15, -0.1) is 11.3 Å². The van der Waals surface area contributed by atoms with Gasteiger partial charge >= 0.3 is 0 Å². The molecule has 0 bridgehead atoms. The molecule has 3 aromatic rings. The molecule has 0 radical (unpaired) electrons. The van der Waals surface area contributed by atoms with Gasteiger partial charge in [0, 0.05) is 17.0 Å². The van der Waals surface area contributed by atoms with Crippen molar-refractivity contribution < 1.29 is 9.32 Å². The predicted molar refractivity (Wildman–Crippen MR) is 99.8 cm³/mol.